The molecule has 0 heterocycles. The molecule has 3 aliphatic carbocycles. The van der Waals surface area contributed by atoms with E-state index in [2.05, 4.69) is 12.2 Å². The summed E-state index contributed by atoms with van der Waals surface area (Å²) in [7, 11) is -3.89. The Morgan fingerprint density at radius 3 is 2.67 bits per heavy atom. The first kappa shape index (κ1) is 15.7. The van der Waals surface area contributed by atoms with Gasteiger partial charge in [-0.3, -0.25) is 0 Å². The zero-order chi connectivity index (χ0) is 16.9. The number of nitrogens with one attached hydrogen (secondary N) is 1. The number of hydrogen-bond donors (Lipinski definition) is 1. The molecule has 2 fully saturated rings. The largest absolute Gasteiger partial charge is 0.445 e. The van der Waals surface area contributed by atoms with Crippen LogP contribution in [0.25, 0.3) is 0 Å². The van der Waals surface area contributed by atoms with Gasteiger partial charge in [0.05, 0.1) is 4.90 Å². The molecule has 6 heteroatoms. The third-order valence-electron chi connectivity index (χ3n) is 5.76. The molecule has 0 aliphatic heterocycles. The van der Waals surface area contributed by atoms with Gasteiger partial charge in [-0.25, -0.2) is 17.9 Å². The van der Waals surface area contributed by atoms with Crippen LogP contribution in [0.5, 0.6) is 0 Å². The summed E-state index contributed by atoms with van der Waals surface area (Å²) in [6, 6.07) is 6.36. The van der Waals surface area contributed by atoms with Crippen LogP contribution in [0.3, 0.4) is 0 Å². The average molecular weight is 347 g/mol. The number of fused-ring (bicyclic) bond motifs is 5. The lowest BCUT2D eigenvalue weighted by atomic mass is 9.80. The van der Waals surface area contributed by atoms with E-state index in [0.29, 0.717) is 23.7 Å². The quantitative estimate of drug-likeness (QED) is 0.853. The minimum Gasteiger partial charge on any atom is -0.445 e. The van der Waals surface area contributed by atoms with Gasteiger partial charge in [-0.2, -0.15) is 0 Å². The van der Waals surface area contributed by atoms with Crippen molar-refractivity contribution in [3.05, 3.63) is 42.0 Å². The lowest BCUT2D eigenvalue weighted by Gasteiger charge is -2.30. The molecular weight excluding hydrogens is 326 g/mol. The second-order valence-corrected chi connectivity index (χ2v) is 8.85. The summed E-state index contributed by atoms with van der Waals surface area (Å²) in [5.74, 6) is 2.14. The molecule has 4 rings (SSSR count). The molecule has 5 atom stereocenters. The second kappa shape index (κ2) is 5.62. The van der Waals surface area contributed by atoms with Crippen LogP contribution < -0.4 is 4.72 Å². The number of carbonyl (C=O) groups excluding carboxylic acids is 1. The molecule has 0 saturated heterocycles. The predicted octanol–water partition coefficient (Wildman–Crippen LogP) is 3.01. The average Bonchev–Trinajstić information content (AvgIpc) is 3.19. The van der Waals surface area contributed by atoms with Gasteiger partial charge < -0.3 is 4.74 Å². The Labute approximate surface area is 142 Å². The number of hydrogen-bond acceptors (Lipinski definition) is 4. The highest BCUT2D eigenvalue weighted by molar-refractivity contribution is 7.90. The van der Waals surface area contributed by atoms with Gasteiger partial charge in [-0.05, 0) is 56.1 Å². The molecule has 1 N–H and O–H groups in total. The van der Waals surface area contributed by atoms with E-state index in [4.69, 9.17) is 4.74 Å². The summed E-state index contributed by atoms with van der Waals surface area (Å²) in [5, 5.41) is 0. The second-order valence-electron chi connectivity index (χ2n) is 7.16. The van der Waals surface area contributed by atoms with Crippen molar-refractivity contribution in [1.82, 2.24) is 4.72 Å². The van der Waals surface area contributed by atoms with Gasteiger partial charge >= 0.3 is 6.09 Å². The SMILES string of the molecule is Cc1ccc(S(=O)(=O)NC(=O)O[C@H]2C[C@@H]3C[C@@H]2[C@@H]2C=CC[C@@H]32)cc1. The number of benzene rings is 1. The van der Waals surface area contributed by atoms with Crippen LogP contribution in [0.4, 0.5) is 4.79 Å². The van der Waals surface area contributed by atoms with Crippen molar-refractivity contribution < 1.29 is 17.9 Å². The molecule has 1 amide bonds. The maximum absolute atomic E-state index is 12.2. The first-order valence-corrected chi connectivity index (χ1v) is 9.89. The lowest BCUT2D eigenvalue weighted by molar-refractivity contribution is 0.0454. The van der Waals surface area contributed by atoms with Crippen LogP contribution in [0.15, 0.2) is 41.3 Å². The summed E-state index contributed by atoms with van der Waals surface area (Å²) in [4.78, 5) is 12.2. The lowest BCUT2D eigenvalue weighted by Crippen LogP contribution is -2.38. The molecule has 0 spiro atoms. The summed E-state index contributed by atoms with van der Waals surface area (Å²) in [6.45, 7) is 1.87. The summed E-state index contributed by atoms with van der Waals surface area (Å²) in [6.07, 6.45) is 6.49. The molecule has 1 aromatic carbocycles. The monoisotopic (exact) mass is 347 g/mol. The normalized spacial score (nSPS) is 33.5. The number of allylic oxidation sites excluding steroid dienone is 2. The van der Waals surface area contributed by atoms with E-state index in [9.17, 15) is 13.2 Å². The van der Waals surface area contributed by atoms with E-state index in [1.54, 1.807) is 12.1 Å². The third-order valence-corrected chi connectivity index (χ3v) is 7.08. The van der Waals surface area contributed by atoms with Crippen molar-refractivity contribution in [2.75, 3.05) is 0 Å². The topological polar surface area (TPSA) is 72.5 Å². The van der Waals surface area contributed by atoms with Gasteiger partial charge in [0.1, 0.15) is 6.10 Å². The van der Waals surface area contributed by atoms with Crippen LogP contribution in [0.2, 0.25) is 0 Å². The molecule has 128 valence electrons. The first-order valence-electron chi connectivity index (χ1n) is 8.41. The summed E-state index contributed by atoms with van der Waals surface area (Å²) in [5.41, 5.74) is 0.956. The Morgan fingerprint density at radius 2 is 1.92 bits per heavy atom. The van der Waals surface area contributed by atoms with Crippen molar-refractivity contribution in [3.63, 3.8) is 0 Å². The van der Waals surface area contributed by atoms with E-state index in [0.717, 1.165) is 24.8 Å². The van der Waals surface area contributed by atoms with Crippen LogP contribution in [-0.4, -0.2) is 20.6 Å². The summed E-state index contributed by atoms with van der Waals surface area (Å²) >= 11 is 0. The number of rotatable bonds is 3. The van der Waals surface area contributed by atoms with Gasteiger partial charge in [0, 0.05) is 5.92 Å². The highest BCUT2D eigenvalue weighted by Gasteiger charge is 2.53. The van der Waals surface area contributed by atoms with Crippen molar-refractivity contribution in [2.24, 2.45) is 23.7 Å². The highest BCUT2D eigenvalue weighted by Crippen LogP contribution is 2.57. The Hall–Kier alpha value is -1.82. The maximum Gasteiger partial charge on any atom is 0.421 e. The minimum atomic E-state index is -3.89. The predicted molar refractivity (Wildman–Crippen MR) is 88.7 cm³/mol. The van der Waals surface area contributed by atoms with Crippen LogP contribution in [-0.2, 0) is 14.8 Å². The molecule has 2 bridgehead atoms. The fourth-order valence-electron chi connectivity index (χ4n) is 4.67. The Balaban J connectivity index is 1.40. The van der Waals surface area contributed by atoms with Crippen molar-refractivity contribution in [3.8, 4) is 0 Å². The fourth-order valence-corrected chi connectivity index (χ4v) is 5.55. The highest BCUT2D eigenvalue weighted by atomic mass is 32.2. The number of amides is 1. The Kier molecular flexibility index (Phi) is 3.67. The molecule has 2 saturated carbocycles. The molecule has 1 aromatic rings. The van der Waals surface area contributed by atoms with Gasteiger partial charge in [0.25, 0.3) is 10.0 Å². The molecule has 24 heavy (non-hydrogen) atoms. The number of carbonyl (C=O) groups is 1. The van der Waals surface area contributed by atoms with Crippen molar-refractivity contribution in [1.29, 1.82) is 0 Å². The van der Waals surface area contributed by atoms with Gasteiger partial charge in [-0.15, -0.1) is 0 Å². The molecule has 0 aromatic heterocycles. The van der Waals surface area contributed by atoms with Crippen molar-refractivity contribution >= 4 is 16.1 Å². The smallest absolute Gasteiger partial charge is 0.421 e. The van der Waals surface area contributed by atoms with E-state index in [1.807, 2.05) is 11.6 Å². The van der Waals surface area contributed by atoms with Gasteiger partial charge in [0.15, 0.2) is 0 Å². The van der Waals surface area contributed by atoms with Crippen LogP contribution >= 0.6 is 0 Å². The Bertz CT molecular complexity index is 784. The minimum absolute atomic E-state index is 0.0665. The van der Waals surface area contributed by atoms with Gasteiger partial charge in [0.2, 0.25) is 0 Å². The number of sulfonamides is 1. The fraction of sp³-hybridized carbons (Fsp3) is 0.500. The van der Waals surface area contributed by atoms with Crippen LogP contribution in [0.1, 0.15) is 24.8 Å². The van der Waals surface area contributed by atoms with E-state index in [-0.39, 0.29) is 11.0 Å². The first-order chi connectivity index (χ1) is 11.4. The molecule has 0 radical (unpaired) electrons. The van der Waals surface area contributed by atoms with Crippen molar-refractivity contribution in [2.45, 2.75) is 37.2 Å². The van der Waals surface area contributed by atoms with E-state index in [1.165, 1.54) is 12.1 Å². The van der Waals surface area contributed by atoms with Gasteiger partial charge in [-0.1, -0.05) is 29.8 Å². The molecular formula is C18H21NO4S. The molecule has 3 aliphatic rings. The Morgan fingerprint density at radius 1 is 1.17 bits per heavy atom. The number of aryl methyl sites for hydroxylation is 1. The van der Waals surface area contributed by atoms with Crippen LogP contribution in [0, 0.1) is 30.6 Å². The number of ether oxygens (including phenoxy) is 1. The van der Waals surface area contributed by atoms with E-state index >= 15 is 0 Å². The zero-order valence-corrected chi connectivity index (χ0v) is 14.3. The molecule has 5 nitrogen and oxygen atoms in total. The summed E-state index contributed by atoms with van der Waals surface area (Å²) < 4.78 is 32.0. The van der Waals surface area contributed by atoms with E-state index < -0.39 is 16.1 Å². The molecule has 0 unspecified atom stereocenters. The maximum atomic E-state index is 12.2. The zero-order valence-electron chi connectivity index (χ0n) is 13.5. The standard InChI is InChI=1S/C18H21NO4S/c1-11-5-7-13(8-6-11)24(21,22)19-18(20)23-17-10-12-9-16(17)15-4-2-3-14(12)15/h2,4-8,12,14-17H,3,9-10H2,1H3,(H,19,20)/t12-,14-,15+,16+,17-/m0/s1. The third kappa shape index (κ3) is 2.62.